The molecule has 0 aliphatic heterocycles. The molecule has 6 heteroatoms. The highest BCUT2D eigenvalue weighted by atomic mass is 31.2. The summed E-state index contributed by atoms with van der Waals surface area (Å²) in [4.78, 5) is 10.1. The van der Waals surface area contributed by atoms with Crippen molar-refractivity contribution < 1.29 is 23.0 Å². The van der Waals surface area contributed by atoms with E-state index < -0.39 is 7.82 Å². The first kappa shape index (κ1) is 27.8. The van der Waals surface area contributed by atoms with Crippen LogP contribution in [0.1, 0.15) is 109 Å². The first-order chi connectivity index (χ1) is 16.7. The average Bonchev–Trinajstić information content (AvgIpc) is 3.23. The smallest absolute Gasteiger partial charge is 0.326 e. The molecule has 5 nitrogen and oxygen atoms in total. The molecule has 0 aromatic carbocycles. The van der Waals surface area contributed by atoms with Gasteiger partial charge in [0, 0.05) is 6.42 Å². The number of hydrogen-bond acceptors (Lipinski definition) is 3. The summed E-state index contributed by atoms with van der Waals surface area (Å²) in [7, 11) is 2.41. The van der Waals surface area contributed by atoms with Gasteiger partial charge in [-0.1, -0.05) is 50.2 Å². The van der Waals surface area contributed by atoms with E-state index in [1.807, 2.05) is 5.57 Å². The summed E-state index contributed by atoms with van der Waals surface area (Å²) < 4.78 is 24.0. The molecule has 5 aliphatic rings. The van der Waals surface area contributed by atoms with Crippen LogP contribution in [0.4, 0.5) is 0 Å². The molecule has 0 saturated heterocycles. The molecule has 5 fully saturated rings. The number of quaternary nitrogens is 1. The topological polar surface area (TPSA) is 55.8 Å². The Kier molecular flexibility index (Phi) is 10.00. The molecule has 0 aromatic heterocycles. The Balaban J connectivity index is 0.978. The predicted octanol–water partition coefficient (Wildman–Crippen LogP) is 7.64. The van der Waals surface area contributed by atoms with Gasteiger partial charge in [-0.3, -0.25) is 9.05 Å². The maximum absolute atomic E-state index is 12.4. The van der Waals surface area contributed by atoms with Crippen LogP contribution in [0.15, 0.2) is 11.6 Å². The molecule has 202 valence electrons. The third-order valence-electron chi connectivity index (χ3n) is 9.50. The largest absolute Gasteiger partial charge is 0.472 e. The molecule has 5 aliphatic carbocycles. The van der Waals surface area contributed by atoms with Crippen LogP contribution < -0.4 is 0 Å². The van der Waals surface area contributed by atoms with E-state index in [1.54, 1.807) is 6.42 Å². The number of rotatable bonds is 15. The van der Waals surface area contributed by atoms with Crippen LogP contribution in [-0.4, -0.2) is 49.3 Å². The van der Waals surface area contributed by atoms with Crippen molar-refractivity contribution in [1.82, 2.24) is 0 Å². The second-order valence-corrected chi connectivity index (χ2v) is 14.6. The molecule has 3 atom stereocenters. The molecule has 1 N–H and O–H groups in total. The van der Waals surface area contributed by atoms with Gasteiger partial charge in [-0.05, 0) is 87.9 Å². The van der Waals surface area contributed by atoms with Gasteiger partial charge in [0.25, 0.3) is 0 Å². The molecule has 5 rings (SSSR count). The lowest BCUT2D eigenvalue weighted by molar-refractivity contribution is -0.898. The van der Waals surface area contributed by atoms with E-state index >= 15 is 0 Å². The minimum atomic E-state index is -3.96. The lowest BCUT2D eigenvalue weighted by atomic mass is 9.54. The van der Waals surface area contributed by atoms with Gasteiger partial charge in [0.05, 0.1) is 27.7 Å². The van der Waals surface area contributed by atoms with Gasteiger partial charge in [0.15, 0.2) is 0 Å². The Bertz CT molecular complexity index is 715. The number of hydrogen-bond donors (Lipinski definition) is 1. The number of phosphoric acid groups is 1. The van der Waals surface area contributed by atoms with Gasteiger partial charge < -0.3 is 9.38 Å². The average molecular weight is 511 g/mol. The van der Waals surface area contributed by atoms with E-state index in [1.165, 1.54) is 70.6 Å². The number of likely N-dealkylation sites (N-methyl/N-ethyl adjacent to an activating group) is 1. The van der Waals surface area contributed by atoms with Gasteiger partial charge >= 0.3 is 7.82 Å². The van der Waals surface area contributed by atoms with Crippen LogP contribution in [0.2, 0.25) is 0 Å². The SMILES string of the molecule is C[N+](C)(C)C1CCCC1OP(=O)(O)OCCCCCCCCCCC=C1C2CC3CC(C2)CC1C3. The molecular weight excluding hydrogens is 457 g/mol. The van der Waals surface area contributed by atoms with Crippen molar-refractivity contribution in [1.29, 1.82) is 0 Å². The molecule has 0 spiro atoms. The highest BCUT2D eigenvalue weighted by Crippen LogP contribution is 2.56. The quantitative estimate of drug-likeness (QED) is 0.106. The summed E-state index contributed by atoms with van der Waals surface area (Å²) in [5.41, 5.74) is 1.87. The van der Waals surface area contributed by atoms with Gasteiger partial charge in [-0.25, -0.2) is 4.57 Å². The van der Waals surface area contributed by atoms with Gasteiger partial charge in [-0.15, -0.1) is 0 Å². The normalized spacial score (nSPS) is 33.9. The lowest BCUT2D eigenvalue weighted by Crippen LogP contribution is -2.49. The fraction of sp³-hybridized carbons (Fsp3) is 0.931. The molecular formula is C29H53NO4P+. The minimum Gasteiger partial charge on any atom is -0.326 e. The number of allylic oxidation sites excluding steroid dienone is 2. The highest BCUT2D eigenvalue weighted by Gasteiger charge is 2.45. The van der Waals surface area contributed by atoms with Crippen LogP contribution in [0, 0.1) is 23.7 Å². The highest BCUT2D eigenvalue weighted by molar-refractivity contribution is 7.47. The summed E-state index contributed by atoms with van der Waals surface area (Å²) in [6.07, 6.45) is 23.9. The Hall–Kier alpha value is -0.190. The third kappa shape index (κ3) is 8.14. The Morgan fingerprint density at radius 3 is 2.03 bits per heavy atom. The molecule has 0 amide bonds. The van der Waals surface area contributed by atoms with Crippen molar-refractivity contribution in [2.75, 3.05) is 27.7 Å². The van der Waals surface area contributed by atoms with Crippen LogP contribution in [-0.2, 0) is 13.6 Å². The van der Waals surface area contributed by atoms with Crippen LogP contribution >= 0.6 is 7.82 Å². The van der Waals surface area contributed by atoms with Crippen molar-refractivity contribution in [3.63, 3.8) is 0 Å². The Labute approximate surface area is 215 Å². The van der Waals surface area contributed by atoms with Crippen molar-refractivity contribution >= 4 is 7.82 Å². The van der Waals surface area contributed by atoms with Crippen molar-refractivity contribution in [2.24, 2.45) is 23.7 Å². The fourth-order valence-corrected chi connectivity index (χ4v) is 8.94. The standard InChI is InChI=1S/C29H52NO4P/c1-30(2,3)28-15-13-16-29(28)34-35(31,32)33-17-12-10-8-6-4-5-7-9-11-14-27-25-19-23-18-24(21-25)22-26(27)20-23/h14,23-26,28-29H,4-13,15-22H2,1-3H3/p+1. The first-order valence-electron chi connectivity index (χ1n) is 14.9. The summed E-state index contributed by atoms with van der Waals surface area (Å²) in [5.74, 6) is 4.06. The van der Waals surface area contributed by atoms with Crippen LogP contribution in [0.5, 0.6) is 0 Å². The Morgan fingerprint density at radius 2 is 1.43 bits per heavy atom. The van der Waals surface area contributed by atoms with E-state index in [4.69, 9.17) is 9.05 Å². The molecule has 0 heterocycles. The zero-order chi connectivity index (χ0) is 24.9. The maximum Gasteiger partial charge on any atom is 0.472 e. The lowest BCUT2D eigenvalue weighted by Gasteiger charge is -2.51. The summed E-state index contributed by atoms with van der Waals surface area (Å²) in [6.45, 7) is 0.313. The van der Waals surface area contributed by atoms with Crippen molar-refractivity contribution in [3.8, 4) is 0 Å². The first-order valence-corrected chi connectivity index (χ1v) is 16.4. The van der Waals surface area contributed by atoms with E-state index in [0.717, 1.165) is 60.3 Å². The number of unbranched alkanes of at least 4 members (excludes halogenated alkanes) is 8. The molecule has 4 bridgehead atoms. The van der Waals surface area contributed by atoms with Gasteiger partial charge in [-0.2, -0.15) is 0 Å². The zero-order valence-electron chi connectivity index (χ0n) is 22.8. The Morgan fingerprint density at radius 1 is 0.857 bits per heavy atom. The second kappa shape index (κ2) is 12.6. The maximum atomic E-state index is 12.4. The fourth-order valence-electron chi connectivity index (χ4n) is 7.93. The number of phosphoric ester groups is 1. The van der Waals surface area contributed by atoms with E-state index in [2.05, 4.69) is 27.2 Å². The van der Waals surface area contributed by atoms with Crippen molar-refractivity contribution in [2.45, 2.75) is 121 Å². The monoisotopic (exact) mass is 510 g/mol. The molecule has 5 saturated carbocycles. The molecule has 0 radical (unpaired) electrons. The summed E-state index contributed by atoms with van der Waals surface area (Å²) in [5, 5.41) is 0. The van der Waals surface area contributed by atoms with Crippen molar-refractivity contribution in [3.05, 3.63) is 11.6 Å². The number of nitrogens with zero attached hydrogens (tertiary/aromatic N) is 1. The summed E-state index contributed by atoms with van der Waals surface area (Å²) in [6, 6.07) is 0.258. The van der Waals surface area contributed by atoms with Gasteiger partial charge in [0.2, 0.25) is 0 Å². The molecule has 35 heavy (non-hydrogen) atoms. The zero-order valence-corrected chi connectivity index (χ0v) is 23.7. The second-order valence-electron chi connectivity index (χ2n) is 13.2. The third-order valence-corrected chi connectivity index (χ3v) is 10.5. The molecule has 3 unspecified atom stereocenters. The van der Waals surface area contributed by atoms with E-state index in [0.29, 0.717) is 6.61 Å². The predicted molar refractivity (Wildman–Crippen MR) is 143 cm³/mol. The van der Waals surface area contributed by atoms with E-state index in [9.17, 15) is 9.46 Å². The molecule has 0 aromatic rings. The summed E-state index contributed by atoms with van der Waals surface area (Å²) >= 11 is 0. The van der Waals surface area contributed by atoms with E-state index in [-0.39, 0.29) is 12.1 Å². The van der Waals surface area contributed by atoms with Gasteiger partial charge in [0.1, 0.15) is 12.1 Å². The van der Waals surface area contributed by atoms with Crippen LogP contribution in [0.3, 0.4) is 0 Å². The minimum absolute atomic E-state index is 0.185. The van der Waals surface area contributed by atoms with Crippen LogP contribution in [0.25, 0.3) is 0 Å².